The van der Waals surface area contributed by atoms with Crippen molar-refractivity contribution in [2.24, 2.45) is 0 Å². The van der Waals surface area contributed by atoms with E-state index in [1.165, 1.54) is 0 Å². The third-order valence-electron chi connectivity index (χ3n) is 4.49. The van der Waals surface area contributed by atoms with E-state index < -0.39 is 0 Å². The van der Waals surface area contributed by atoms with E-state index in [0.717, 1.165) is 0 Å². The first-order valence-electron chi connectivity index (χ1n) is 10.7. The summed E-state index contributed by atoms with van der Waals surface area (Å²) < 4.78 is 0. The van der Waals surface area contributed by atoms with Gasteiger partial charge in [-0.3, -0.25) is 0 Å². The molecule has 0 N–H and O–H groups in total. The molecule has 0 unspecified atom stereocenters. The van der Waals surface area contributed by atoms with Crippen LogP contribution in [-0.2, 0) is 33.0 Å². The topological polar surface area (TPSA) is 30.5 Å². The molecule has 0 saturated carbocycles. The average molecular weight is 666 g/mol. The van der Waals surface area contributed by atoms with Crippen molar-refractivity contribution in [2.45, 2.75) is 104 Å². The second kappa shape index (κ2) is 16.2. The predicted molar refractivity (Wildman–Crippen MR) is 150 cm³/mol. The van der Waals surface area contributed by atoms with Crippen molar-refractivity contribution < 1.29 is 33.0 Å². The molecular weight excluding hydrogens is 621 g/mol. The van der Waals surface area contributed by atoms with Crippen LogP contribution in [-0.4, -0.2) is 20.6 Å². The van der Waals surface area contributed by atoms with Gasteiger partial charge >= 0.3 is 52.1 Å². The third-order valence-corrected chi connectivity index (χ3v) is 11.5. The van der Waals surface area contributed by atoms with E-state index in [1.54, 1.807) is 10.6 Å². The van der Waals surface area contributed by atoms with Crippen LogP contribution in [0.1, 0.15) is 83.1 Å². The first-order valence-corrected chi connectivity index (χ1v) is 17.4. The first-order chi connectivity index (χ1) is 13.9. The molecule has 0 saturated heterocycles. The summed E-state index contributed by atoms with van der Waals surface area (Å²) >= 11 is -0.106. The summed E-state index contributed by atoms with van der Waals surface area (Å²) in [6, 6.07) is 17.7. The summed E-state index contributed by atoms with van der Waals surface area (Å²) in [5.41, 5.74) is 0. The molecule has 0 fully saturated rings. The largest absolute Gasteiger partial charge is 2.00 e. The molecular formula is C26H44Cl2FeNP2Pd. The summed E-state index contributed by atoms with van der Waals surface area (Å²) in [5, 5.41) is 4.65. The molecule has 0 aliphatic heterocycles. The maximum absolute atomic E-state index is 4.81. The van der Waals surface area contributed by atoms with Gasteiger partial charge in [-0.25, -0.2) is 24.3 Å². The number of hydrogen-bond acceptors (Lipinski definition) is 0. The third kappa shape index (κ3) is 14.6. The second-order valence-corrected chi connectivity index (χ2v) is 21.8. The van der Waals surface area contributed by atoms with Gasteiger partial charge in [0.15, 0.2) is 0 Å². The quantitative estimate of drug-likeness (QED) is 0.174. The molecule has 33 heavy (non-hydrogen) atoms. The summed E-state index contributed by atoms with van der Waals surface area (Å²) in [6.07, 6.45) is 0. The van der Waals surface area contributed by atoms with Crippen LogP contribution in [0, 0.1) is 0 Å². The minimum Gasteiger partial charge on any atom is 0 e. The molecule has 0 bridgehead atoms. The molecule has 195 valence electrons. The summed E-state index contributed by atoms with van der Waals surface area (Å²) in [4.78, 5) is 0. The van der Waals surface area contributed by atoms with Crippen molar-refractivity contribution in [3.05, 3.63) is 48.5 Å². The maximum Gasteiger partial charge on any atom is 2.00 e. The van der Waals surface area contributed by atoms with Gasteiger partial charge in [-0.2, -0.15) is 24.3 Å². The molecule has 0 aliphatic rings. The van der Waals surface area contributed by atoms with Crippen LogP contribution >= 0.6 is 34.9 Å². The van der Waals surface area contributed by atoms with Crippen LogP contribution in [0.15, 0.2) is 48.5 Å². The normalized spacial score (nSPS) is 12.2. The van der Waals surface area contributed by atoms with Crippen molar-refractivity contribution in [1.29, 1.82) is 0 Å². The molecule has 0 aliphatic carbocycles. The molecule has 2 aromatic rings. The van der Waals surface area contributed by atoms with E-state index in [2.05, 4.69) is 132 Å². The Kier molecular flexibility index (Phi) is 19.0. The van der Waals surface area contributed by atoms with Crippen molar-refractivity contribution in [3.8, 4) is 0 Å². The molecule has 2 rings (SSSR count). The van der Waals surface area contributed by atoms with Gasteiger partial charge in [0.1, 0.15) is 0 Å². The molecule has 0 heterocycles. The summed E-state index contributed by atoms with van der Waals surface area (Å²) in [6.45, 7) is 28.3. The second-order valence-electron chi connectivity index (χ2n) is 11.7. The molecule has 0 amide bonds. The van der Waals surface area contributed by atoms with Crippen molar-refractivity contribution >= 4 is 45.5 Å². The molecule has 3 radical (unpaired) electrons. The monoisotopic (exact) mass is 664 g/mol. The Morgan fingerprint density at radius 1 is 0.515 bits per heavy atom. The van der Waals surface area contributed by atoms with Crippen LogP contribution in [0.4, 0.5) is 0 Å². The van der Waals surface area contributed by atoms with Crippen LogP contribution in [0.2, 0.25) is 0 Å². The van der Waals surface area contributed by atoms with Gasteiger partial charge in [0.05, 0.1) is 0 Å². The fraction of sp³-hybridized carbons (Fsp3) is 0.615. The SMILES string of the molecule is CC(C)(C)P([c-]1cccc1)C(C)(C)C.CC(C)(C)P([c-]1cccc1)C(C)(C)C.[Cl][Pd][Cl].[Fe+2].[N]. The number of nitrogens with zero attached hydrogens (tertiary/aromatic N) is 1. The fourth-order valence-electron chi connectivity index (χ4n) is 4.59. The van der Waals surface area contributed by atoms with Crippen LogP contribution < -0.4 is 16.8 Å². The first kappa shape index (κ1) is 38.8. The molecule has 2 aromatic carbocycles. The predicted octanol–water partition coefficient (Wildman–Crippen LogP) is 9.11. The van der Waals surface area contributed by atoms with Gasteiger partial charge in [-0.05, 0) is 20.6 Å². The molecule has 0 atom stereocenters. The van der Waals surface area contributed by atoms with E-state index in [0.29, 0.717) is 20.6 Å². The van der Waals surface area contributed by atoms with Crippen LogP contribution in [0.25, 0.3) is 0 Å². The Labute approximate surface area is 235 Å². The van der Waals surface area contributed by atoms with Crippen LogP contribution in [0.5, 0.6) is 0 Å². The zero-order valence-electron chi connectivity index (χ0n) is 22.4. The van der Waals surface area contributed by atoms with E-state index in [4.69, 9.17) is 19.1 Å². The zero-order valence-corrected chi connectivity index (χ0v) is 28.3. The Balaban J connectivity index is -0.000000462. The number of rotatable bonds is 2. The zero-order chi connectivity index (χ0) is 24.7. The smallest absolute Gasteiger partial charge is 0 e. The number of halogens is 2. The van der Waals surface area contributed by atoms with Gasteiger partial charge in [-0.1, -0.05) is 83.1 Å². The Morgan fingerprint density at radius 2 is 0.667 bits per heavy atom. The standard InChI is InChI=1S/2C13H22P.2ClH.Fe.N.Pd/c2*1-12(2,3)14(13(4,5)6)11-9-7-8-10-11;;;;;/h2*7-10H,1-6H3;2*1H;;;/q2*-1;;;+2;;+2/p-2. The van der Waals surface area contributed by atoms with E-state index in [-0.39, 0.29) is 55.0 Å². The minimum absolute atomic E-state index is 0. The van der Waals surface area contributed by atoms with Gasteiger partial charge in [0, 0.05) is 6.15 Å². The Bertz CT molecular complexity index is 617. The average Bonchev–Trinajstić information content (AvgIpc) is 3.16. The van der Waals surface area contributed by atoms with Gasteiger partial charge < -0.3 is 0 Å². The molecule has 0 spiro atoms. The Hall–Kier alpha value is 1.28. The fourth-order valence-corrected chi connectivity index (χ4v) is 12.7. The van der Waals surface area contributed by atoms with E-state index >= 15 is 0 Å². The summed E-state index contributed by atoms with van der Waals surface area (Å²) in [7, 11) is 9.43. The van der Waals surface area contributed by atoms with Gasteiger partial charge in [0.25, 0.3) is 0 Å². The molecule has 0 aromatic heterocycles. The van der Waals surface area contributed by atoms with Crippen molar-refractivity contribution in [3.63, 3.8) is 0 Å². The molecule has 1 nitrogen and oxygen atoms in total. The van der Waals surface area contributed by atoms with Crippen molar-refractivity contribution in [2.75, 3.05) is 0 Å². The van der Waals surface area contributed by atoms with E-state index in [1.807, 2.05) is 0 Å². The van der Waals surface area contributed by atoms with E-state index in [9.17, 15) is 0 Å². The van der Waals surface area contributed by atoms with Gasteiger partial charge in [-0.15, -0.1) is 26.5 Å². The van der Waals surface area contributed by atoms with Crippen LogP contribution in [0.3, 0.4) is 0 Å². The van der Waals surface area contributed by atoms with Gasteiger partial charge in [0.2, 0.25) is 0 Å². The number of hydrogen-bond donors (Lipinski definition) is 0. The Morgan fingerprint density at radius 3 is 0.788 bits per heavy atom. The maximum atomic E-state index is 4.81. The van der Waals surface area contributed by atoms with Crippen molar-refractivity contribution in [1.82, 2.24) is 6.15 Å². The summed E-state index contributed by atoms with van der Waals surface area (Å²) in [5.74, 6) is 0. The molecule has 7 heteroatoms. The minimum atomic E-state index is -0.106.